The molecule has 0 unspecified atom stereocenters. The molecule has 0 bridgehead atoms. The number of phenolic OH excluding ortho intramolecular Hbond substituents is 1. The van der Waals surface area contributed by atoms with E-state index in [4.69, 9.17) is 0 Å². The fraction of sp³-hybridized carbons (Fsp3) is 0.381. The molecule has 0 radical (unpaired) electrons. The van der Waals surface area contributed by atoms with Gasteiger partial charge in [0, 0.05) is 38.4 Å². The molecule has 5 heteroatoms. The third-order valence-corrected chi connectivity index (χ3v) is 5.36. The van der Waals surface area contributed by atoms with Crippen LogP contribution in [0.15, 0.2) is 48.5 Å². The molecule has 4 rings (SSSR count). The van der Waals surface area contributed by atoms with Crippen LogP contribution in [0.5, 0.6) is 5.75 Å². The summed E-state index contributed by atoms with van der Waals surface area (Å²) in [7, 11) is 0. The lowest BCUT2D eigenvalue weighted by Crippen LogP contribution is -2.50. The van der Waals surface area contributed by atoms with Crippen molar-refractivity contribution in [2.45, 2.75) is 12.8 Å². The maximum atomic E-state index is 12.9. The first-order valence-corrected chi connectivity index (χ1v) is 9.36. The molecule has 0 aliphatic carbocycles. The number of carbonyl (C=O) groups excluding carboxylic acids is 1. The van der Waals surface area contributed by atoms with Crippen molar-refractivity contribution in [1.82, 2.24) is 4.90 Å². The highest BCUT2D eigenvalue weighted by atomic mass is 16.3. The predicted octanol–water partition coefficient (Wildman–Crippen LogP) is 2.49. The first-order valence-electron chi connectivity index (χ1n) is 9.36. The second-order valence-electron chi connectivity index (χ2n) is 7.03. The van der Waals surface area contributed by atoms with Crippen LogP contribution >= 0.6 is 0 Å². The molecule has 1 saturated heterocycles. The Morgan fingerprint density at radius 2 is 1.58 bits per heavy atom. The van der Waals surface area contributed by atoms with Crippen LogP contribution in [0, 0.1) is 0 Å². The molecule has 0 spiro atoms. The predicted molar refractivity (Wildman–Crippen MR) is 104 cm³/mol. The Morgan fingerprint density at radius 3 is 2.35 bits per heavy atom. The van der Waals surface area contributed by atoms with E-state index in [2.05, 4.69) is 21.9 Å². The molecule has 2 heterocycles. The molecule has 26 heavy (non-hydrogen) atoms. The van der Waals surface area contributed by atoms with Gasteiger partial charge < -0.3 is 14.9 Å². The van der Waals surface area contributed by atoms with Crippen LogP contribution in [0.1, 0.15) is 12.0 Å². The van der Waals surface area contributed by atoms with Crippen molar-refractivity contribution < 1.29 is 9.90 Å². The zero-order valence-corrected chi connectivity index (χ0v) is 15.0. The van der Waals surface area contributed by atoms with Crippen LogP contribution in [0.4, 0.5) is 11.4 Å². The average Bonchev–Trinajstić information content (AvgIpc) is 2.68. The Morgan fingerprint density at radius 1 is 0.885 bits per heavy atom. The highest BCUT2D eigenvalue weighted by molar-refractivity contribution is 5.96. The second kappa shape index (κ2) is 7.38. The lowest BCUT2D eigenvalue weighted by molar-refractivity contribution is -0.119. The number of aryl methyl sites for hydroxylation is 1. The molecule has 2 aromatic carbocycles. The van der Waals surface area contributed by atoms with Crippen molar-refractivity contribution in [3.05, 3.63) is 54.1 Å². The summed E-state index contributed by atoms with van der Waals surface area (Å²) in [6.45, 7) is 4.57. The highest BCUT2D eigenvalue weighted by Gasteiger charge is 2.26. The molecular weight excluding hydrogens is 326 g/mol. The molecule has 2 aliphatic heterocycles. The van der Waals surface area contributed by atoms with Crippen molar-refractivity contribution in [3.8, 4) is 5.75 Å². The SMILES string of the molecule is O=C(CN1CCN(c2ccccc2O)CC1)N1CCCc2ccccc21. The summed E-state index contributed by atoms with van der Waals surface area (Å²) < 4.78 is 0. The van der Waals surface area contributed by atoms with E-state index >= 15 is 0 Å². The number of hydrogen-bond acceptors (Lipinski definition) is 4. The van der Waals surface area contributed by atoms with Crippen molar-refractivity contribution >= 4 is 17.3 Å². The van der Waals surface area contributed by atoms with Gasteiger partial charge in [0.1, 0.15) is 5.75 Å². The van der Waals surface area contributed by atoms with E-state index in [1.54, 1.807) is 6.07 Å². The summed E-state index contributed by atoms with van der Waals surface area (Å²) in [5.41, 5.74) is 3.23. The first kappa shape index (κ1) is 16.9. The average molecular weight is 351 g/mol. The number of fused-ring (bicyclic) bond motifs is 1. The Bertz CT molecular complexity index is 784. The van der Waals surface area contributed by atoms with Crippen molar-refractivity contribution in [1.29, 1.82) is 0 Å². The molecule has 5 nitrogen and oxygen atoms in total. The Labute approximate surface area is 154 Å². The molecule has 1 fully saturated rings. The van der Waals surface area contributed by atoms with E-state index in [0.29, 0.717) is 12.3 Å². The van der Waals surface area contributed by atoms with Gasteiger partial charge in [-0.15, -0.1) is 0 Å². The number of benzene rings is 2. The number of rotatable bonds is 3. The summed E-state index contributed by atoms with van der Waals surface area (Å²) in [4.78, 5) is 19.2. The minimum Gasteiger partial charge on any atom is -0.506 e. The van der Waals surface area contributed by atoms with Gasteiger partial charge in [0.15, 0.2) is 0 Å². The van der Waals surface area contributed by atoms with Gasteiger partial charge in [0.25, 0.3) is 0 Å². The molecule has 2 aromatic rings. The molecule has 0 aromatic heterocycles. The summed E-state index contributed by atoms with van der Waals surface area (Å²) in [6, 6.07) is 15.7. The van der Waals surface area contributed by atoms with Gasteiger partial charge >= 0.3 is 0 Å². The number of aromatic hydroxyl groups is 1. The van der Waals surface area contributed by atoms with Gasteiger partial charge in [0.05, 0.1) is 12.2 Å². The number of carbonyl (C=O) groups is 1. The monoisotopic (exact) mass is 351 g/mol. The Balaban J connectivity index is 1.36. The molecule has 2 aliphatic rings. The number of anilines is 2. The van der Waals surface area contributed by atoms with Crippen LogP contribution in [0.2, 0.25) is 0 Å². The van der Waals surface area contributed by atoms with E-state index in [1.807, 2.05) is 35.2 Å². The number of amides is 1. The Kier molecular flexibility index (Phi) is 4.80. The lowest BCUT2D eigenvalue weighted by Gasteiger charge is -2.37. The molecular formula is C21H25N3O2. The van der Waals surface area contributed by atoms with Gasteiger partial charge in [-0.05, 0) is 36.6 Å². The topological polar surface area (TPSA) is 47.0 Å². The normalized spacial score (nSPS) is 17.8. The van der Waals surface area contributed by atoms with Crippen molar-refractivity contribution in [2.24, 2.45) is 0 Å². The molecule has 1 N–H and O–H groups in total. The third kappa shape index (κ3) is 3.40. The van der Waals surface area contributed by atoms with Crippen molar-refractivity contribution in [2.75, 3.05) is 49.1 Å². The standard InChI is InChI=1S/C21H25N3O2/c25-20-10-4-3-9-19(20)23-14-12-22(13-15-23)16-21(26)24-11-5-7-17-6-1-2-8-18(17)24/h1-4,6,8-10,25H,5,7,11-16H2. The van der Waals surface area contributed by atoms with Gasteiger partial charge in [-0.3, -0.25) is 9.69 Å². The molecule has 0 atom stereocenters. The van der Waals surface area contributed by atoms with Gasteiger partial charge in [-0.2, -0.15) is 0 Å². The number of piperazine rings is 1. The van der Waals surface area contributed by atoms with E-state index in [-0.39, 0.29) is 5.91 Å². The third-order valence-electron chi connectivity index (χ3n) is 5.36. The van der Waals surface area contributed by atoms with Crippen LogP contribution in [0.25, 0.3) is 0 Å². The largest absolute Gasteiger partial charge is 0.506 e. The van der Waals surface area contributed by atoms with Gasteiger partial charge in [-0.1, -0.05) is 30.3 Å². The van der Waals surface area contributed by atoms with E-state index in [0.717, 1.165) is 56.9 Å². The first-order chi connectivity index (χ1) is 12.7. The van der Waals surface area contributed by atoms with Crippen LogP contribution in [0.3, 0.4) is 0 Å². The maximum absolute atomic E-state index is 12.9. The fourth-order valence-electron chi connectivity index (χ4n) is 3.95. The highest BCUT2D eigenvalue weighted by Crippen LogP contribution is 2.28. The number of phenols is 1. The minimum absolute atomic E-state index is 0.188. The maximum Gasteiger partial charge on any atom is 0.241 e. The molecule has 136 valence electrons. The van der Waals surface area contributed by atoms with Crippen molar-refractivity contribution in [3.63, 3.8) is 0 Å². The summed E-state index contributed by atoms with van der Waals surface area (Å²) in [5.74, 6) is 0.509. The lowest BCUT2D eigenvalue weighted by atomic mass is 10.0. The van der Waals surface area contributed by atoms with E-state index < -0.39 is 0 Å². The smallest absolute Gasteiger partial charge is 0.241 e. The van der Waals surface area contributed by atoms with Crippen LogP contribution in [-0.4, -0.2) is 55.2 Å². The van der Waals surface area contributed by atoms with E-state index in [9.17, 15) is 9.90 Å². The molecule has 0 saturated carbocycles. The summed E-state index contributed by atoms with van der Waals surface area (Å²) in [5, 5.41) is 10.0. The zero-order chi connectivity index (χ0) is 17.9. The molecule has 1 amide bonds. The van der Waals surface area contributed by atoms with Gasteiger partial charge in [-0.25, -0.2) is 0 Å². The fourth-order valence-corrected chi connectivity index (χ4v) is 3.95. The minimum atomic E-state index is 0.188. The van der Waals surface area contributed by atoms with E-state index in [1.165, 1.54) is 5.56 Å². The summed E-state index contributed by atoms with van der Waals surface area (Å²) in [6.07, 6.45) is 2.09. The van der Waals surface area contributed by atoms with Crippen LogP contribution < -0.4 is 9.80 Å². The number of hydrogen-bond donors (Lipinski definition) is 1. The van der Waals surface area contributed by atoms with Gasteiger partial charge in [0.2, 0.25) is 5.91 Å². The number of nitrogens with zero attached hydrogens (tertiary/aromatic N) is 3. The summed E-state index contributed by atoms with van der Waals surface area (Å²) >= 11 is 0. The zero-order valence-electron chi connectivity index (χ0n) is 15.0. The number of para-hydroxylation sites is 3. The quantitative estimate of drug-likeness (QED) is 0.923. The van der Waals surface area contributed by atoms with Crippen LogP contribution in [-0.2, 0) is 11.2 Å². The Hall–Kier alpha value is -2.53. The second-order valence-corrected chi connectivity index (χ2v) is 7.03.